The lowest BCUT2D eigenvalue weighted by Gasteiger charge is -2.29. The number of anilines is 4. The van der Waals surface area contributed by atoms with Crippen LogP contribution in [0.4, 0.5) is 33.2 Å². The minimum absolute atomic E-state index is 0.107. The quantitative estimate of drug-likeness (QED) is 0.460. The Balaban J connectivity index is 1.18. The Hall–Kier alpha value is -3.41. The number of hydrogen-bond acceptors (Lipinski definition) is 10. The number of aromatic nitrogens is 3. The van der Waals surface area contributed by atoms with Gasteiger partial charge in [-0.3, -0.25) is 4.98 Å². The fourth-order valence-electron chi connectivity index (χ4n) is 4.04. The van der Waals surface area contributed by atoms with Crippen LogP contribution in [0.2, 0.25) is 5.02 Å². The maximum absolute atomic E-state index is 14.2. The lowest BCUT2D eigenvalue weighted by molar-refractivity contribution is 0.122. The van der Waals surface area contributed by atoms with E-state index in [0.29, 0.717) is 31.3 Å². The number of ether oxygens (including phenoxy) is 1. The third-order valence-electron chi connectivity index (χ3n) is 5.95. The van der Waals surface area contributed by atoms with Gasteiger partial charge in [-0.25, -0.2) is 9.37 Å². The van der Waals surface area contributed by atoms with E-state index >= 15 is 0 Å². The SMILES string of the molecule is Fc1cnc(N=NCc2ccc(Nc3ccc(N4CCNCC4)cc3Cl)cn2)nc1N1CCOCC1. The third-order valence-corrected chi connectivity index (χ3v) is 6.27. The Morgan fingerprint density at radius 1 is 1.03 bits per heavy atom. The van der Waals surface area contributed by atoms with Crippen molar-refractivity contribution < 1.29 is 9.13 Å². The number of pyridine rings is 1. The number of nitrogens with one attached hydrogen (secondary N) is 2. The molecule has 0 aliphatic carbocycles. The zero-order valence-corrected chi connectivity index (χ0v) is 20.5. The van der Waals surface area contributed by atoms with Crippen molar-refractivity contribution in [3.63, 3.8) is 0 Å². The highest BCUT2D eigenvalue weighted by Crippen LogP contribution is 2.30. The summed E-state index contributed by atoms with van der Waals surface area (Å²) >= 11 is 6.53. The van der Waals surface area contributed by atoms with Crippen LogP contribution in [-0.4, -0.2) is 67.4 Å². The van der Waals surface area contributed by atoms with E-state index in [1.165, 1.54) is 0 Å². The summed E-state index contributed by atoms with van der Waals surface area (Å²) in [6.07, 6.45) is 2.84. The summed E-state index contributed by atoms with van der Waals surface area (Å²) < 4.78 is 19.5. The van der Waals surface area contributed by atoms with Gasteiger partial charge in [0.15, 0.2) is 11.6 Å². The lowest BCUT2D eigenvalue weighted by Crippen LogP contribution is -2.43. The molecule has 1 aromatic carbocycles. The summed E-state index contributed by atoms with van der Waals surface area (Å²) in [6.45, 7) is 6.33. The molecular formula is C24H27ClFN9O. The second kappa shape index (κ2) is 11.5. The van der Waals surface area contributed by atoms with E-state index in [-0.39, 0.29) is 18.3 Å². The molecule has 0 saturated carbocycles. The molecule has 2 aromatic heterocycles. The van der Waals surface area contributed by atoms with Crippen molar-refractivity contribution >= 4 is 40.4 Å². The Morgan fingerprint density at radius 3 is 2.61 bits per heavy atom. The van der Waals surface area contributed by atoms with E-state index in [9.17, 15) is 4.39 Å². The van der Waals surface area contributed by atoms with Gasteiger partial charge in [0.1, 0.15) is 6.54 Å². The molecule has 4 heterocycles. The van der Waals surface area contributed by atoms with Crippen molar-refractivity contribution in [3.8, 4) is 0 Å². The molecule has 188 valence electrons. The smallest absolute Gasteiger partial charge is 0.270 e. The molecule has 0 atom stereocenters. The molecule has 2 aliphatic heterocycles. The van der Waals surface area contributed by atoms with Crippen LogP contribution in [0.15, 0.2) is 53.0 Å². The number of benzene rings is 1. The lowest BCUT2D eigenvalue weighted by atomic mass is 10.2. The van der Waals surface area contributed by atoms with Crippen LogP contribution >= 0.6 is 11.6 Å². The van der Waals surface area contributed by atoms with Crippen LogP contribution in [0.3, 0.4) is 0 Å². The first kappa shape index (κ1) is 24.3. The standard InChI is InChI=1S/C24H27ClFN9O/c25-20-13-19(34-7-5-27-6-8-34)3-4-22(20)31-18-2-1-17(28-14-18)15-30-33-24-29-16-21(26)23(32-24)35-9-11-36-12-10-35/h1-4,13-14,16,27,31H,5-12,15H2. The van der Waals surface area contributed by atoms with Crippen molar-refractivity contribution in [2.24, 2.45) is 10.2 Å². The molecule has 0 amide bonds. The summed E-state index contributed by atoms with van der Waals surface area (Å²) in [4.78, 5) is 16.7. The number of halogens is 2. The second-order valence-electron chi connectivity index (χ2n) is 8.40. The van der Waals surface area contributed by atoms with Gasteiger partial charge in [0.05, 0.1) is 47.7 Å². The Kier molecular flexibility index (Phi) is 7.79. The van der Waals surface area contributed by atoms with Crippen LogP contribution in [0.25, 0.3) is 0 Å². The maximum atomic E-state index is 14.2. The molecule has 10 nitrogen and oxygen atoms in total. The van der Waals surface area contributed by atoms with Gasteiger partial charge in [0.25, 0.3) is 5.95 Å². The molecule has 12 heteroatoms. The fourth-order valence-corrected chi connectivity index (χ4v) is 4.26. The molecule has 0 bridgehead atoms. The monoisotopic (exact) mass is 511 g/mol. The summed E-state index contributed by atoms with van der Waals surface area (Å²) in [5, 5.41) is 15.5. The van der Waals surface area contributed by atoms with E-state index < -0.39 is 5.82 Å². The van der Waals surface area contributed by atoms with Gasteiger partial charge in [0.2, 0.25) is 0 Å². The van der Waals surface area contributed by atoms with Gasteiger partial charge in [-0.1, -0.05) is 11.6 Å². The molecule has 36 heavy (non-hydrogen) atoms. The number of hydrogen-bond donors (Lipinski definition) is 2. The first-order valence-electron chi connectivity index (χ1n) is 11.9. The third kappa shape index (κ3) is 6.04. The average Bonchev–Trinajstić information content (AvgIpc) is 2.93. The van der Waals surface area contributed by atoms with E-state index in [2.05, 4.69) is 46.8 Å². The van der Waals surface area contributed by atoms with Crippen molar-refractivity contribution in [2.45, 2.75) is 6.54 Å². The number of piperazine rings is 1. The van der Waals surface area contributed by atoms with Crippen molar-refractivity contribution in [3.05, 3.63) is 59.3 Å². The van der Waals surface area contributed by atoms with Crippen LogP contribution in [0, 0.1) is 5.82 Å². The molecular weight excluding hydrogens is 485 g/mol. The highest BCUT2D eigenvalue weighted by Gasteiger charge is 2.18. The molecule has 0 unspecified atom stereocenters. The molecule has 0 spiro atoms. The first-order valence-corrected chi connectivity index (χ1v) is 12.2. The average molecular weight is 512 g/mol. The molecule has 2 aliphatic rings. The van der Waals surface area contributed by atoms with Crippen LogP contribution in [-0.2, 0) is 11.3 Å². The van der Waals surface area contributed by atoms with Gasteiger partial charge in [-0.05, 0) is 30.3 Å². The fraction of sp³-hybridized carbons (Fsp3) is 0.375. The van der Waals surface area contributed by atoms with Crippen LogP contribution in [0.1, 0.15) is 5.69 Å². The predicted octanol–water partition coefficient (Wildman–Crippen LogP) is 3.94. The number of rotatable bonds is 7. The topological polar surface area (TPSA) is 103 Å². The van der Waals surface area contributed by atoms with Gasteiger partial charge in [0, 0.05) is 45.0 Å². The van der Waals surface area contributed by atoms with Gasteiger partial charge < -0.3 is 25.2 Å². The van der Waals surface area contributed by atoms with Crippen molar-refractivity contribution in [1.29, 1.82) is 0 Å². The molecule has 2 N–H and O–H groups in total. The largest absolute Gasteiger partial charge is 0.378 e. The normalized spacial score (nSPS) is 16.5. The zero-order chi connectivity index (χ0) is 24.7. The number of morpholine rings is 1. The minimum Gasteiger partial charge on any atom is -0.378 e. The van der Waals surface area contributed by atoms with E-state index in [1.807, 2.05) is 29.2 Å². The molecule has 5 rings (SSSR count). The number of azo groups is 1. The van der Waals surface area contributed by atoms with Crippen molar-refractivity contribution in [2.75, 3.05) is 67.6 Å². The maximum Gasteiger partial charge on any atom is 0.270 e. The highest BCUT2D eigenvalue weighted by molar-refractivity contribution is 6.33. The highest BCUT2D eigenvalue weighted by atomic mass is 35.5. The molecule has 3 aromatic rings. The van der Waals surface area contributed by atoms with Gasteiger partial charge in [-0.15, -0.1) is 5.11 Å². The molecule has 2 fully saturated rings. The summed E-state index contributed by atoms with van der Waals surface area (Å²) in [7, 11) is 0. The van der Waals surface area contributed by atoms with Gasteiger partial charge >= 0.3 is 0 Å². The van der Waals surface area contributed by atoms with Crippen molar-refractivity contribution in [1.82, 2.24) is 20.3 Å². The number of nitrogens with zero attached hydrogens (tertiary/aromatic N) is 7. The Labute approximate surface area is 213 Å². The van der Waals surface area contributed by atoms with E-state index in [0.717, 1.165) is 55.1 Å². The van der Waals surface area contributed by atoms with E-state index in [4.69, 9.17) is 16.3 Å². The Bertz CT molecular complexity index is 1200. The summed E-state index contributed by atoms with van der Waals surface area (Å²) in [5.74, 6) is -0.162. The second-order valence-corrected chi connectivity index (χ2v) is 8.81. The summed E-state index contributed by atoms with van der Waals surface area (Å²) in [5.41, 5.74) is 3.46. The van der Waals surface area contributed by atoms with Crippen LogP contribution in [0.5, 0.6) is 0 Å². The van der Waals surface area contributed by atoms with E-state index in [1.54, 1.807) is 6.20 Å². The first-order chi connectivity index (χ1) is 17.7. The Morgan fingerprint density at radius 2 is 1.86 bits per heavy atom. The zero-order valence-electron chi connectivity index (χ0n) is 19.7. The molecule has 0 radical (unpaired) electrons. The predicted molar refractivity (Wildman–Crippen MR) is 137 cm³/mol. The summed E-state index contributed by atoms with van der Waals surface area (Å²) in [6, 6.07) is 9.80. The van der Waals surface area contributed by atoms with Crippen LogP contribution < -0.4 is 20.4 Å². The molecule has 2 saturated heterocycles. The van der Waals surface area contributed by atoms with Gasteiger partial charge in [-0.2, -0.15) is 10.1 Å². The minimum atomic E-state index is -0.487.